The van der Waals surface area contributed by atoms with Crippen LogP contribution in [-0.2, 0) is 9.53 Å². The second-order valence-electron chi connectivity index (χ2n) is 4.04. The number of halogens is 3. The normalized spacial score (nSPS) is 11.0. The molecule has 3 N–H and O–H groups in total. The number of ether oxygens (including phenoxy) is 1. The van der Waals surface area contributed by atoms with Crippen molar-refractivity contribution in [1.29, 1.82) is 0 Å². The minimum atomic E-state index is -4.51. The summed E-state index contributed by atoms with van der Waals surface area (Å²) in [7, 11) is 0. The fourth-order valence-corrected chi connectivity index (χ4v) is 1.27. The Bertz CT molecular complexity index is 515. The maximum Gasteiger partial charge on any atom is 0.405 e. The lowest BCUT2D eigenvalue weighted by molar-refractivity contribution is -0.140. The molecule has 0 aliphatic carbocycles. The molecule has 0 aromatic heterocycles. The van der Waals surface area contributed by atoms with Gasteiger partial charge in [0.2, 0.25) is 0 Å². The summed E-state index contributed by atoms with van der Waals surface area (Å²) >= 11 is 0. The Balaban J connectivity index is 2.47. The van der Waals surface area contributed by atoms with Crippen LogP contribution in [0, 0.1) is 6.92 Å². The smallest absolute Gasteiger partial charge is 0.405 e. The summed E-state index contributed by atoms with van der Waals surface area (Å²) in [6.45, 7) is -0.565. The van der Waals surface area contributed by atoms with Crippen molar-refractivity contribution >= 4 is 17.6 Å². The SMILES string of the molecule is Cc1cc(C(=O)OCC(=O)NCC(F)(F)F)ccc1N. The molecule has 0 heterocycles. The van der Waals surface area contributed by atoms with E-state index in [1.807, 2.05) is 0 Å². The average Bonchev–Trinajstić information content (AvgIpc) is 2.36. The third-order valence-electron chi connectivity index (χ3n) is 2.33. The van der Waals surface area contributed by atoms with Crippen LogP contribution < -0.4 is 11.1 Å². The Hall–Kier alpha value is -2.25. The average molecular weight is 290 g/mol. The van der Waals surface area contributed by atoms with Crippen molar-refractivity contribution in [3.63, 3.8) is 0 Å². The summed E-state index contributed by atoms with van der Waals surface area (Å²) in [4.78, 5) is 22.6. The van der Waals surface area contributed by atoms with Crippen molar-refractivity contribution in [3.05, 3.63) is 29.3 Å². The predicted molar refractivity (Wildman–Crippen MR) is 64.9 cm³/mol. The molecule has 8 heteroatoms. The van der Waals surface area contributed by atoms with E-state index in [0.717, 1.165) is 0 Å². The van der Waals surface area contributed by atoms with E-state index in [2.05, 4.69) is 4.74 Å². The van der Waals surface area contributed by atoms with E-state index >= 15 is 0 Å². The van der Waals surface area contributed by atoms with Crippen molar-refractivity contribution in [1.82, 2.24) is 5.32 Å². The number of carbonyl (C=O) groups excluding carboxylic acids is 2. The first kappa shape index (κ1) is 15.8. The monoisotopic (exact) mass is 290 g/mol. The Morgan fingerprint density at radius 2 is 2.00 bits per heavy atom. The van der Waals surface area contributed by atoms with Gasteiger partial charge in [0, 0.05) is 5.69 Å². The molecule has 5 nitrogen and oxygen atoms in total. The third-order valence-corrected chi connectivity index (χ3v) is 2.33. The van der Waals surface area contributed by atoms with Gasteiger partial charge in [-0.2, -0.15) is 13.2 Å². The summed E-state index contributed by atoms with van der Waals surface area (Å²) in [5.41, 5.74) is 6.88. The van der Waals surface area contributed by atoms with Crippen LogP contribution in [0.1, 0.15) is 15.9 Å². The second-order valence-corrected chi connectivity index (χ2v) is 4.04. The maximum absolute atomic E-state index is 11.8. The minimum Gasteiger partial charge on any atom is -0.452 e. The summed E-state index contributed by atoms with van der Waals surface area (Å²) in [5.74, 6) is -1.84. The standard InChI is InChI=1S/C12H13F3N2O3/c1-7-4-8(2-3-9(7)16)11(19)20-5-10(18)17-6-12(13,14)15/h2-4H,5-6,16H2,1H3,(H,17,18). The van der Waals surface area contributed by atoms with E-state index in [-0.39, 0.29) is 5.56 Å². The van der Waals surface area contributed by atoms with Crippen LogP contribution in [0.15, 0.2) is 18.2 Å². The molecule has 0 radical (unpaired) electrons. The van der Waals surface area contributed by atoms with Crippen molar-refractivity contribution in [2.24, 2.45) is 0 Å². The lowest BCUT2D eigenvalue weighted by Crippen LogP contribution is -2.36. The van der Waals surface area contributed by atoms with Crippen molar-refractivity contribution in [2.45, 2.75) is 13.1 Å². The highest BCUT2D eigenvalue weighted by atomic mass is 19.4. The van der Waals surface area contributed by atoms with Crippen LogP contribution in [-0.4, -0.2) is 31.2 Å². The van der Waals surface area contributed by atoms with Gasteiger partial charge >= 0.3 is 12.1 Å². The molecular formula is C12H13F3N2O3. The number of aryl methyl sites for hydroxylation is 1. The number of rotatable bonds is 4. The molecule has 0 aliphatic rings. The number of carbonyl (C=O) groups is 2. The zero-order valence-corrected chi connectivity index (χ0v) is 10.6. The molecule has 0 fully saturated rings. The largest absolute Gasteiger partial charge is 0.452 e. The fraction of sp³-hybridized carbons (Fsp3) is 0.333. The highest BCUT2D eigenvalue weighted by Gasteiger charge is 2.27. The number of amides is 1. The van der Waals surface area contributed by atoms with E-state index in [9.17, 15) is 22.8 Å². The second kappa shape index (κ2) is 6.27. The molecule has 0 atom stereocenters. The molecule has 1 aromatic carbocycles. The van der Waals surface area contributed by atoms with E-state index in [1.54, 1.807) is 12.2 Å². The van der Waals surface area contributed by atoms with Gasteiger partial charge in [-0.15, -0.1) is 0 Å². The number of hydrogen-bond acceptors (Lipinski definition) is 4. The molecule has 1 rings (SSSR count). The molecule has 0 saturated carbocycles. The molecule has 0 aliphatic heterocycles. The van der Waals surface area contributed by atoms with Gasteiger partial charge in [0.05, 0.1) is 5.56 Å². The van der Waals surface area contributed by atoms with Crippen molar-refractivity contribution in [2.75, 3.05) is 18.9 Å². The molecular weight excluding hydrogens is 277 g/mol. The van der Waals surface area contributed by atoms with E-state index in [1.165, 1.54) is 18.2 Å². The molecule has 0 saturated heterocycles. The molecule has 0 bridgehead atoms. The number of alkyl halides is 3. The van der Waals surface area contributed by atoms with Crippen LogP contribution >= 0.6 is 0 Å². The molecule has 1 amide bonds. The van der Waals surface area contributed by atoms with E-state index in [0.29, 0.717) is 11.3 Å². The topological polar surface area (TPSA) is 81.4 Å². The van der Waals surface area contributed by atoms with Crippen molar-refractivity contribution in [3.8, 4) is 0 Å². The number of hydrogen-bond donors (Lipinski definition) is 2. The summed E-state index contributed by atoms with van der Waals surface area (Å²) < 4.78 is 40.1. The van der Waals surface area contributed by atoms with Crippen LogP contribution in [0.4, 0.5) is 18.9 Å². The molecule has 1 aromatic rings. The number of nitrogens with two attached hydrogens (primary N) is 1. The Morgan fingerprint density at radius 1 is 1.35 bits per heavy atom. The minimum absolute atomic E-state index is 0.167. The van der Waals surface area contributed by atoms with Gasteiger partial charge in [-0.3, -0.25) is 4.79 Å². The van der Waals surface area contributed by atoms with Crippen LogP contribution in [0.3, 0.4) is 0 Å². The maximum atomic E-state index is 11.8. The van der Waals surface area contributed by atoms with Gasteiger partial charge in [0.1, 0.15) is 6.54 Å². The number of nitrogens with one attached hydrogen (secondary N) is 1. The quantitative estimate of drug-likeness (QED) is 0.649. The van der Waals surface area contributed by atoms with Crippen molar-refractivity contribution < 1.29 is 27.5 Å². The zero-order chi connectivity index (χ0) is 15.3. The molecule has 0 unspecified atom stereocenters. The Labute approximate surface area is 112 Å². The van der Waals surface area contributed by atoms with Gasteiger partial charge in [0.25, 0.3) is 5.91 Å². The van der Waals surface area contributed by atoms with Crippen LogP contribution in [0.25, 0.3) is 0 Å². The molecule has 110 valence electrons. The molecule has 20 heavy (non-hydrogen) atoms. The number of nitrogen functional groups attached to an aromatic ring is 1. The first-order valence-corrected chi connectivity index (χ1v) is 5.56. The van der Waals surface area contributed by atoms with Gasteiger partial charge in [0.15, 0.2) is 6.61 Å². The van der Waals surface area contributed by atoms with E-state index in [4.69, 9.17) is 5.73 Å². The Morgan fingerprint density at radius 3 is 2.55 bits per heavy atom. The van der Waals surface area contributed by atoms with Gasteiger partial charge in [-0.05, 0) is 30.7 Å². The van der Waals surface area contributed by atoms with Gasteiger partial charge < -0.3 is 15.8 Å². The highest BCUT2D eigenvalue weighted by molar-refractivity contribution is 5.92. The first-order chi connectivity index (χ1) is 9.19. The van der Waals surface area contributed by atoms with Crippen LogP contribution in [0.2, 0.25) is 0 Å². The van der Waals surface area contributed by atoms with Gasteiger partial charge in [-0.1, -0.05) is 0 Å². The lowest BCUT2D eigenvalue weighted by Gasteiger charge is -2.09. The van der Waals surface area contributed by atoms with Gasteiger partial charge in [-0.25, -0.2) is 4.79 Å². The number of esters is 1. The summed E-state index contributed by atoms with van der Waals surface area (Å²) in [6, 6.07) is 4.36. The third kappa shape index (κ3) is 5.17. The number of benzene rings is 1. The molecule has 0 spiro atoms. The Kier molecular flexibility index (Phi) is 4.95. The zero-order valence-electron chi connectivity index (χ0n) is 10.6. The predicted octanol–water partition coefficient (Wildman–Crippen LogP) is 1.41. The van der Waals surface area contributed by atoms with Crippen LogP contribution in [0.5, 0.6) is 0 Å². The van der Waals surface area contributed by atoms with E-state index < -0.39 is 31.2 Å². The highest BCUT2D eigenvalue weighted by Crippen LogP contribution is 2.14. The summed E-state index contributed by atoms with van der Waals surface area (Å²) in [6.07, 6.45) is -4.51. The lowest BCUT2D eigenvalue weighted by atomic mass is 10.1. The first-order valence-electron chi connectivity index (χ1n) is 5.56. The number of anilines is 1. The summed E-state index contributed by atoms with van der Waals surface area (Å²) in [5, 5.41) is 1.59. The fourth-order valence-electron chi connectivity index (χ4n) is 1.27.